The van der Waals surface area contributed by atoms with Gasteiger partial charge in [-0.05, 0) is 62.4 Å². The van der Waals surface area contributed by atoms with Gasteiger partial charge < -0.3 is 9.88 Å². The van der Waals surface area contributed by atoms with E-state index in [-0.39, 0.29) is 17.5 Å². The summed E-state index contributed by atoms with van der Waals surface area (Å²) in [7, 11) is 0. The number of carbonyl (C=O) groups is 1. The minimum absolute atomic E-state index is 0.00285. The predicted molar refractivity (Wildman–Crippen MR) is 126 cm³/mol. The molecule has 5 rings (SSSR count). The highest BCUT2D eigenvalue weighted by atomic mass is 16.2. The highest BCUT2D eigenvalue weighted by Gasteiger charge is 2.32. The van der Waals surface area contributed by atoms with Gasteiger partial charge in [0.1, 0.15) is 5.82 Å². The van der Waals surface area contributed by atoms with Crippen LogP contribution in [0, 0.1) is 6.92 Å². The van der Waals surface area contributed by atoms with Gasteiger partial charge in [0, 0.05) is 49.7 Å². The summed E-state index contributed by atoms with van der Waals surface area (Å²) in [4.78, 5) is 42.6. The van der Waals surface area contributed by atoms with Crippen LogP contribution in [0.15, 0.2) is 53.6 Å². The number of nitrogens with zero attached hydrogens (tertiary/aromatic N) is 4. The molecule has 0 aliphatic carbocycles. The van der Waals surface area contributed by atoms with Gasteiger partial charge in [-0.3, -0.25) is 19.5 Å². The van der Waals surface area contributed by atoms with E-state index in [4.69, 9.17) is 4.98 Å². The van der Waals surface area contributed by atoms with Crippen LogP contribution in [0.25, 0.3) is 0 Å². The monoisotopic (exact) mass is 443 g/mol. The highest BCUT2D eigenvalue weighted by molar-refractivity contribution is 5.94. The molecule has 0 spiro atoms. The zero-order valence-corrected chi connectivity index (χ0v) is 19.0. The molecule has 1 atom stereocenters. The molecule has 1 aromatic carbocycles. The average Bonchev–Trinajstić information content (AvgIpc) is 2.84. The van der Waals surface area contributed by atoms with Crippen molar-refractivity contribution in [1.29, 1.82) is 0 Å². The first-order valence-corrected chi connectivity index (χ1v) is 11.7. The lowest BCUT2D eigenvalue weighted by molar-refractivity contribution is 0.0598. The van der Waals surface area contributed by atoms with Crippen molar-refractivity contribution in [2.24, 2.45) is 0 Å². The molecule has 0 bridgehead atoms. The van der Waals surface area contributed by atoms with E-state index in [0.29, 0.717) is 30.9 Å². The lowest BCUT2D eigenvalue weighted by Gasteiger charge is -2.36. The Bertz CT molecular complexity index is 1210. The van der Waals surface area contributed by atoms with Crippen LogP contribution >= 0.6 is 0 Å². The molecule has 0 saturated carbocycles. The van der Waals surface area contributed by atoms with E-state index in [1.807, 2.05) is 48.2 Å². The second kappa shape index (κ2) is 9.27. The molecular formula is C26H29N5O2. The molecule has 2 aliphatic heterocycles. The lowest BCUT2D eigenvalue weighted by Crippen LogP contribution is -2.41. The van der Waals surface area contributed by atoms with E-state index in [1.54, 1.807) is 12.4 Å². The third-order valence-corrected chi connectivity index (χ3v) is 6.67. The van der Waals surface area contributed by atoms with Gasteiger partial charge in [0.2, 0.25) is 0 Å². The van der Waals surface area contributed by atoms with Gasteiger partial charge in [-0.2, -0.15) is 0 Å². The number of H-pyrrole nitrogens is 1. The Labute approximate surface area is 193 Å². The van der Waals surface area contributed by atoms with Crippen molar-refractivity contribution in [3.63, 3.8) is 0 Å². The number of hydrogen-bond donors (Lipinski definition) is 1. The summed E-state index contributed by atoms with van der Waals surface area (Å²) >= 11 is 0. The molecule has 3 aromatic rings. The largest absolute Gasteiger partial charge is 0.328 e. The number of aromatic nitrogens is 3. The van der Waals surface area contributed by atoms with Crippen molar-refractivity contribution < 1.29 is 4.79 Å². The number of amides is 1. The van der Waals surface area contributed by atoms with Crippen molar-refractivity contribution in [1.82, 2.24) is 24.8 Å². The van der Waals surface area contributed by atoms with Crippen LogP contribution in [0.2, 0.25) is 0 Å². The van der Waals surface area contributed by atoms with E-state index in [1.165, 1.54) is 5.56 Å². The number of likely N-dealkylation sites (tertiary alicyclic amines) is 1. The van der Waals surface area contributed by atoms with Crippen molar-refractivity contribution in [3.8, 4) is 0 Å². The van der Waals surface area contributed by atoms with E-state index >= 15 is 0 Å². The summed E-state index contributed by atoms with van der Waals surface area (Å²) in [5.74, 6) is 0.619. The topological polar surface area (TPSA) is 82.2 Å². The number of fused-ring (bicyclic) bond motifs is 1. The molecule has 0 radical (unpaired) electrons. The molecular weight excluding hydrogens is 414 g/mol. The number of nitrogens with one attached hydrogen (secondary N) is 1. The molecule has 4 heterocycles. The molecule has 33 heavy (non-hydrogen) atoms. The highest BCUT2D eigenvalue weighted by Crippen LogP contribution is 2.31. The third-order valence-electron chi connectivity index (χ3n) is 6.67. The minimum Gasteiger partial charge on any atom is -0.328 e. The first kappa shape index (κ1) is 21.5. The second-order valence-corrected chi connectivity index (χ2v) is 9.07. The van der Waals surface area contributed by atoms with Crippen LogP contribution in [0.3, 0.4) is 0 Å². The number of carbonyl (C=O) groups excluding carboxylic acids is 1. The smallest absolute Gasteiger partial charge is 0.254 e. The molecule has 1 fully saturated rings. The number of pyridine rings is 1. The molecule has 170 valence electrons. The number of aryl methyl sites for hydroxylation is 1. The van der Waals surface area contributed by atoms with Crippen molar-refractivity contribution in [3.05, 3.63) is 92.9 Å². The van der Waals surface area contributed by atoms with Gasteiger partial charge in [-0.15, -0.1) is 0 Å². The summed E-state index contributed by atoms with van der Waals surface area (Å²) < 4.78 is 0. The van der Waals surface area contributed by atoms with Crippen molar-refractivity contribution in [2.45, 2.75) is 51.7 Å². The van der Waals surface area contributed by atoms with Gasteiger partial charge in [0.05, 0.1) is 11.7 Å². The Morgan fingerprint density at radius 2 is 2.00 bits per heavy atom. The van der Waals surface area contributed by atoms with Crippen LogP contribution in [-0.4, -0.2) is 43.7 Å². The number of benzene rings is 1. The van der Waals surface area contributed by atoms with Crippen LogP contribution in [0.1, 0.15) is 63.9 Å². The van der Waals surface area contributed by atoms with Crippen molar-refractivity contribution >= 4 is 5.91 Å². The number of aromatic amines is 1. The van der Waals surface area contributed by atoms with E-state index in [0.717, 1.165) is 49.2 Å². The Morgan fingerprint density at radius 3 is 2.82 bits per heavy atom. The summed E-state index contributed by atoms with van der Waals surface area (Å²) in [6.07, 6.45) is 7.06. The fraction of sp³-hybridized carbons (Fsp3) is 0.385. The standard InChI is InChI=1S/C26H29N5O2/c1-18-5-4-6-20(15-18)26(33)31-13-3-2-7-23(31)24-28-22-17-30(14-10-21(22)25(32)29-24)16-19-8-11-27-12-9-19/h4-6,8-9,11-12,15,23H,2-3,7,10,13-14,16-17H2,1H3,(H,28,29,32)/t23-/m0/s1. The Kier molecular flexibility index (Phi) is 6.05. The molecule has 7 heteroatoms. The second-order valence-electron chi connectivity index (χ2n) is 9.07. The maximum Gasteiger partial charge on any atom is 0.254 e. The number of rotatable bonds is 4. The average molecular weight is 444 g/mol. The van der Waals surface area contributed by atoms with Crippen LogP contribution in [-0.2, 0) is 19.5 Å². The Morgan fingerprint density at radius 1 is 1.15 bits per heavy atom. The summed E-state index contributed by atoms with van der Waals surface area (Å²) in [5.41, 5.74) is 4.49. The molecule has 1 N–H and O–H groups in total. The van der Waals surface area contributed by atoms with Gasteiger partial charge in [-0.25, -0.2) is 4.98 Å². The first-order chi connectivity index (χ1) is 16.1. The van der Waals surface area contributed by atoms with E-state index in [9.17, 15) is 9.59 Å². The van der Waals surface area contributed by atoms with Gasteiger partial charge >= 0.3 is 0 Å². The summed E-state index contributed by atoms with van der Waals surface area (Å²) in [6.45, 7) is 4.91. The SMILES string of the molecule is Cc1cccc(C(=O)N2CCCC[C@H]2c2nc3c(c(=O)[nH]2)CCN(Cc2ccncc2)C3)c1. The fourth-order valence-electron chi connectivity index (χ4n) is 4.96. The molecule has 0 unspecified atom stereocenters. The lowest BCUT2D eigenvalue weighted by atomic mass is 9.98. The summed E-state index contributed by atoms with van der Waals surface area (Å²) in [5, 5.41) is 0. The van der Waals surface area contributed by atoms with Crippen molar-refractivity contribution in [2.75, 3.05) is 13.1 Å². The molecule has 1 saturated heterocycles. The number of hydrogen-bond acceptors (Lipinski definition) is 5. The Hall–Kier alpha value is -3.32. The minimum atomic E-state index is -0.208. The van der Waals surface area contributed by atoms with Crippen LogP contribution in [0.4, 0.5) is 0 Å². The molecule has 2 aromatic heterocycles. The fourth-order valence-corrected chi connectivity index (χ4v) is 4.96. The molecule has 1 amide bonds. The Balaban J connectivity index is 1.41. The zero-order valence-electron chi connectivity index (χ0n) is 19.0. The quantitative estimate of drug-likeness (QED) is 0.668. The molecule has 7 nitrogen and oxygen atoms in total. The van der Waals surface area contributed by atoms with Gasteiger partial charge in [-0.1, -0.05) is 17.7 Å². The van der Waals surface area contributed by atoms with Crippen LogP contribution < -0.4 is 5.56 Å². The van der Waals surface area contributed by atoms with E-state index in [2.05, 4.69) is 14.9 Å². The summed E-state index contributed by atoms with van der Waals surface area (Å²) in [6, 6.07) is 11.5. The van der Waals surface area contributed by atoms with Gasteiger partial charge in [0.15, 0.2) is 0 Å². The van der Waals surface area contributed by atoms with Gasteiger partial charge in [0.25, 0.3) is 11.5 Å². The maximum absolute atomic E-state index is 13.4. The maximum atomic E-state index is 13.4. The predicted octanol–water partition coefficient (Wildman–Crippen LogP) is 3.40. The van der Waals surface area contributed by atoms with E-state index < -0.39 is 0 Å². The third kappa shape index (κ3) is 4.59. The number of piperidine rings is 1. The van der Waals surface area contributed by atoms with Crippen LogP contribution in [0.5, 0.6) is 0 Å². The normalized spacial score (nSPS) is 18.7. The first-order valence-electron chi connectivity index (χ1n) is 11.7. The molecule has 2 aliphatic rings. The zero-order chi connectivity index (χ0) is 22.8.